The molecule has 13 heteroatoms. The summed E-state index contributed by atoms with van der Waals surface area (Å²) in [7, 11) is 0. The summed E-state index contributed by atoms with van der Waals surface area (Å²) in [5.41, 5.74) is 28.5. The Morgan fingerprint density at radius 3 is 0.361 bits per heavy atom. The molecule has 3 aliphatic rings. The molecular formula is C120H130N10O2U. The van der Waals surface area contributed by atoms with Crippen molar-refractivity contribution in [2.24, 2.45) is 0 Å². The number of nitrogens with zero attached hydrogens (tertiary/aromatic N) is 10. The third-order valence-electron chi connectivity index (χ3n) is 26.0. The van der Waals surface area contributed by atoms with Crippen molar-refractivity contribution < 1.29 is 32.3 Å². The third kappa shape index (κ3) is 20.2. The predicted molar refractivity (Wildman–Crippen MR) is 547 cm³/mol. The van der Waals surface area contributed by atoms with Crippen LogP contribution in [0.2, 0.25) is 0 Å². The molecule has 13 aromatic rings. The van der Waals surface area contributed by atoms with Gasteiger partial charge in [0.1, 0.15) is 0 Å². The molecule has 133 heavy (non-hydrogen) atoms. The van der Waals surface area contributed by atoms with Crippen LogP contribution in [0.4, 0.5) is 0 Å². The summed E-state index contributed by atoms with van der Waals surface area (Å²) in [4.78, 5) is 60.6. The second-order valence-corrected chi connectivity index (χ2v) is 47.2. The molecule has 0 aliphatic carbocycles. The zero-order valence-corrected chi connectivity index (χ0v) is 88.0. The molecule has 6 heterocycles. The van der Waals surface area contributed by atoms with Crippen molar-refractivity contribution in [1.82, 2.24) is 49.8 Å². The topological polar surface area (TPSA) is 165 Å². The van der Waals surface area contributed by atoms with E-state index in [0.717, 1.165) is 111 Å². The molecule has 676 valence electrons. The number of fused-ring (bicyclic) bond motifs is 10. The maximum absolute atomic E-state index is 8.58. The van der Waals surface area contributed by atoms with Gasteiger partial charge < -0.3 is 29.9 Å². The predicted octanol–water partition coefficient (Wildman–Crippen LogP) is 29.8. The van der Waals surface area contributed by atoms with Crippen LogP contribution in [-0.4, -0.2) is 39.9 Å². The Bertz CT molecular complexity index is 6590. The molecule has 0 atom stereocenters. The molecule has 0 unspecified atom stereocenters. The van der Waals surface area contributed by atoms with E-state index in [4.69, 9.17) is 54.3 Å². The summed E-state index contributed by atoms with van der Waals surface area (Å²) in [6.07, 6.45) is 0. The van der Waals surface area contributed by atoms with E-state index in [1.165, 1.54) is 55.6 Å². The molecule has 0 radical (unpaired) electrons. The molecule has 3 aliphatic heterocycles. The SMILES string of the molecule is CC(C)(C)c1ccc(C2=C(c3ccc(C(C)(C)C)cc3)c3nc2nc2nc(nc4[n-]c(nc5nc(nc6[n-]c(n3)c(-c3ccc(C(C)(C)C)cc3)c6-c3ccc(C(C)(C)C)cc3)C(c3ccc(C(C)(C)C)cc3)=C5c3ccc(C(C)(C)C)cc3)c(-c3ccc(C(C)(C)C)cc3)c4-c3ccc(C(C)(C)C)cc3)C(c3ccc(C(C)(C)C)cc3)=C2c2ccc(C(C)(C)C)cc2)cc1.[O]=[U+2]=[O]. The Kier molecular flexibility index (Phi) is 25.6. The molecule has 10 bridgehead atoms. The normalized spacial score (nSPS) is 13.6. The van der Waals surface area contributed by atoms with Gasteiger partial charge in [0.2, 0.25) is 0 Å². The van der Waals surface area contributed by atoms with E-state index < -0.39 is 27.8 Å². The molecule has 16 rings (SSSR count). The maximum atomic E-state index is 8.58. The van der Waals surface area contributed by atoms with Crippen LogP contribution in [0.3, 0.4) is 0 Å². The van der Waals surface area contributed by atoms with Crippen molar-refractivity contribution in [3.63, 3.8) is 0 Å². The first-order valence-electron chi connectivity index (χ1n) is 46.8. The molecular weight excluding hydrogens is 1850 g/mol. The fourth-order valence-corrected chi connectivity index (χ4v) is 17.6. The van der Waals surface area contributed by atoms with Gasteiger partial charge in [0, 0.05) is 78.3 Å². The summed E-state index contributed by atoms with van der Waals surface area (Å²) in [5.74, 6) is 2.47. The van der Waals surface area contributed by atoms with Crippen LogP contribution in [-0.2, 0) is 58.6 Å². The molecule has 0 fully saturated rings. The Labute approximate surface area is 804 Å². The fraction of sp³-hybridized carbons (Fsp3) is 0.333. The van der Waals surface area contributed by atoms with Gasteiger partial charge >= 0.3 is 32.3 Å². The minimum atomic E-state index is -2.51. The van der Waals surface area contributed by atoms with Crippen molar-refractivity contribution in [1.29, 1.82) is 0 Å². The number of rotatable bonds is 10. The van der Waals surface area contributed by atoms with Crippen LogP contribution >= 0.6 is 0 Å². The number of hydrogen-bond acceptors (Lipinski definition) is 10. The quantitative estimate of drug-likeness (QED) is 0.127. The second kappa shape index (κ2) is 35.6. The van der Waals surface area contributed by atoms with Crippen LogP contribution in [0.1, 0.15) is 332 Å². The van der Waals surface area contributed by atoms with E-state index in [1.54, 1.807) is 0 Å². The van der Waals surface area contributed by atoms with Gasteiger partial charge in [-0.1, -0.05) is 450 Å². The minimum absolute atomic E-state index is 0.173. The standard InChI is InChI=1S/C120H130N10.2O.U/c1-111(2,3)81-51-31-71(32-52-81)91-92(72-33-53-82(54-34-72)112(4,5)6)102-121-101(91)126-103-93(73-35-55-83(56-36-73)113(7,8)9)94(74-37-57-84(58-38-74)114(10,11)12)105(122-103)128-107-97(77-43-63-87(64-44-77)117(19,20)21)98(78-45-65-88(66-46-78)118(22,23)24)109(124-107)130-110-100(80-49-69-90(70-50-80)120(28,29)30)99(79-47-67-89(68-48-79)119(25,26)27)108(125-110)129-106-96(76-41-61-86(62-42-76)116(16,17)18)95(104(123-106)127-102)75-39-59-85(60-40-75)115(13,14)15;;;/h31-70H,1-30H3;;;/q-2;;;+2. The Morgan fingerprint density at radius 1 is 0.158 bits per heavy atom. The average Bonchev–Trinajstić information content (AvgIpc) is 1.63. The van der Waals surface area contributed by atoms with Gasteiger partial charge in [0.15, 0.2) is 11.6 Å². The zero-order chi connectivity index (χ0) is 96.2. The van der Waals surface area contributed by atoms with Gasteiger partial charge in [0.25, 0.3) is 0 Å². The van der Waals surface area contributed by atoms with Gasteiger partial charge in [-0.3, -0.25) is 0 Å². The summed E-state index contributed by atoms with van der Waals surface area (Å²) in [6, 6.07) is 89.7. The molecule has 0 spiro atoms. The fourth-order valence-electron chi connectivity index (χ4n) is 17.6. The summed E-state index contributed by atoms with van der Waals surface area (Å²) >= 11 is -2.51. The van der Waals surface area contributed by atoms with Crippen molar-refractivity contribution in [2.45, 2.75) is 262 Å². The van der Waals surface area contributed by atoms with Gasteiger partial charge in [-0.2, -0.15) is 0 Å². The van der Waals surface area contributed by atoms with Crippen molar-refractivity contribution in [3.05, 3.63) is 367 Å². The molecule has 0 saturated heterocycles. The average molecular weight is 1980 g/mol. The zero-order valence-electron chi connectivity index (χ0n) is 83.9. The Balaban J connectivity index is 0.00000444. The van der Waals surface area contributed by atoms with Crippen LogP contribution in [0.5, 0.6) is 0 Å². The Morgan fingerprint density at radius 2 is 0.256 bits per heavy atom. The third-order valence-corrected chi connectivity index (χ3v) is 26.0. The summed E-state index contributed by atoms with van der Waals surface area (Å²) < 4.78 is 17.2. The number of benzene rings is 10. The molecule has 0 N–H and O–H groups in total. The van der Waals surface area contributed by atoms with E-state index >= 15 is 0 Å². The van der Waals surface area contributed by atoms with Gasteiger partial charge in [-0.25, -0.2) is 19.9 Å². The Hall–Kier alpha value is -11.7. The van der Waals surface area contributed by atoms with Crippen molar-refractivity contribution >= 4 is 56.0 Å². The van der Waals surface area contributed by atoms with Crippen LogP contribution in [0, 0.1) is 27.8 Å². The van der Waals surface area contributed by atoms with E-state index in [9.17, 15) is 0 Å². The summed E-state index contributed by atoms with van der Waals surface area (Å²) in [6.45, 7) is 67.9. The van der Waals surface area contributed by atoms with E-state index in [2.05, 4.69) is 450 Å². The molecule has 10 aromatic carbocycles. The first-order chi connectivity index (χ1) is 62.1. The summed E-state index contributed by atoms with van der Waals surface area (Å²) in [5, 5.41) is 0. The first-order valence-corrected chi connectivity index (χ1v) is 50.2. The molecule has 12 nitrogen and oxygen atoms in total. The van der Waals surface area contributed by atoms with Crippen LogP contribution < -0.4 is 9.97 Å². The van der Waals surface area contributed by atoms with Gasteiger partial charge in [0.05, 0.1) is 23.3 Å². The first kappa shape index (κ1) is 95.8. The number of aromatic nitrogens is 10. The monoisotopic (exact) mass is 1980 g/mol. The van der Waals surface area contributed by atoms with Crippen molar-refractivity contribution in [3.8, 4) is 44.5 Å². The molecule has 0 amide bonds. The van der Waals surface area contributed by atoms with Gasteiger partial charge in [-0.15, -0.1) is 0 Å². The van der Waals surface area contributed by atoms with Crippen LogP contribution in [0.15, 0.2) is 243 Å². The molecule has 3 aromatic heterocycles. The van der Waals surface area contributed by atoms with E-state index in [1.807, 2.05) is 0 Å². The van der Waals surface area contributed by atoms with E-state index in [-0.39, 0.29) is 54.1 Å². The van der Waals surface area contributed by atoms with E-state index in [0.29, 0.717) is 57.5 Å². The molecule has 0 saturated carbocycles. The second-order valence-electron chi connectivity index (χ2n) is 46.5. The van der Waals surface area contributed by atoms with Crippen molar-refractivity contribution in [2.75, 3.05) is 0 Å². The van der Waals surface area contributed by atoms with Gasteiger partial charge in [-0.05, 0) is 165 Å². The van der Waals surface area contributed by atoms with Crippen LogP contribution in [0.25, 0.3) is 101 Å². The number of hydrogen-bond donors (Lipinski definition) is 0.